The van der Waals surface area contributed by atoms with E-state index in [0.717, 1.165) is 24.0 Å². The molecule has 1 aromatic rings. The number of thioether (sulfide) groups is 1. The maximum Gasteiger partial charge on any atom is 0.120 e. The van der Waals surface area contributed by atoms with E-state index < -0.39 is 0 Å². The van der Waals surface area contributed by atoms with Crippen molar-refractivity contribution in [2.24, 2.45) is 7.05 Å². The molecule has 0 aliphatic carbocycles. The molecule has 17 heavy (non-hydrogen) atoms. The fraction of sp³-hybridized carbons (Fsp3) is 0.615. The Labute approximate surface area is 107 Å². The van der Waals surface area contributed by atoms with Gasteiger partial charge in [0.1, 0.15) is 11.8 Å². The van der Waals surface area contributed by atoms with Crippen molar-refractivity contribution in [3.05, 3.63) is 23.0 Å². The highest BCUT2D eigenvalue weighted by Gasteiger charge is 2.15. The van der Waals surface area contributed by atoms with Gasteiger partial charge in [0.25, 0.3) is 0 Å². The molecule has 2 heterocycles. The largest absolute Gasteiger partial charge is 0.340 e. The molecule has 1 aliphatic heterocycles. The molecule has 92 valence electrons. The number of aromatic nitrogens is 1. The van der Waals surface area contributed by atoms with Crippen LogP contribution in [0.4, 0.5) is 0 Å². The van der Waals surface area contributed by atoms with Crippen LogP contribution in [0.25, 0.3) is 0 Å². The number of hydrogen-bond acceptors (Lipinski definition) is 3. The molecule has 0 aromatic carbocycles. The van der Waals surface area contributed by atoms with Gasteiger partial charge in [0.2, 0.25) is 0 Å². The highest BCUT2D eigenvalue weighted by Crippen LogP contribution is 2.25. The van der Waals surface area contributed by atoms with Crippen LogP contribution in [-0.4, -0.2) is 22.1 Å². The summed E-state index contributed by atoms with van der Waals surface area (Å²) in [6.45, 7) is 4.03. The first-order valence-corrected chi connectivity index (χ1v) is 7.15. The van der Waals surface area contributed by atoms with E-state index in [9.17, 15) is 0 Å². The second kappa shape index (κ2) is 5.61. The summed E-state index contributed by atoms with van der Waals surface area (Å²) in [6, 6.07) is 4.21. The third kappa shape index (κ3) is 2.85. The molecule has 1 N–H and O–H groups in total. The highest BCUT2D eigenvalue weighted by atomic mass is 32.2. The zero-order valence-corrected chi connectivity index (χ0v) is 11.3. The lowest BCUT2D eigenvalue weighted by Crippen LogP contribution is -2.22. The third-order valence-electron chi connectivity index (χ3n) is 3.47. The van der Waals surface area contributed by atoms with Crippen LogP contribution < -0.4 is 5.32 Å². The van der Waals surface area contributed by atoms with Crippen molar-refractivity contribution < 1.29 is 0 Å². The Balaban J connectivity index is 1.88. The second-order valence-electron chi connectivity index (χ2n) is 4.58. The molecule has 0 spiro atoms. The monoisotopic (exact) mass is 249 g/mol. The minimum absolute atomic E-state index is 0.745. The normalized spacial score (nSPS) is 19.5. The van der Waals surface area contributed by atoms with Crippen LogP contribution in [0.2, 0.25) is 0 Å². The summed E-state index contributed by atoms with van der Waals surface area (Å²) in [7, 11) is 1.95. The Morgan fingerprint density at radius 2 is 2.47 bits per heavy atom. The molecule has 1 fully saturated rings. The van der Waals surface area contributed by atoms with Crippen molar-refractivity contribution in [2.75, 3.05) is 12.3 Å². The van der Waals surface area contributed by atoms with Gasteiger partial charge in [-0.25, -0.2) is 0 Å². The first-order valence-electron chi connectivity index (χ1n) is 6.10. The Kier molecular flexibility index (Phi) is 4.14. The van der Waals surface area contributed by atoms with Crippen LogP contribution in [0.3, 0.4) is 0 Å². The van der Waals surface area contributed by atoms with E-state index in [-0.39, 0.29) is 0 Å². The minimum atomic E-state index is 0.745. The van der Waals surface area contributed by atoms with Gasteiger partial charge in [0, 0.05) is 31.1 Å². The van der Waals surface area contributed by atoms with E-state index in [4.69, 9.17) is 5.26 Å². The smallest absolute Gasteiger partial charge is 0.120 e. The molecule has 1 unspecified atom stereocenters. The predicted molar refractivity (Wildman–Crippen MR) is 72.1 cm³/mol. The fourth-order valence-corrected chi connectivity index (χ4v) is 3.46. The Bertz CT molecular complexity index is 425. The number of hydrogen-bond donors (Lipinski definition) is 1. The van der Waals surface area contributed by atoms with Crippen molar-refractivity contribution in [3.63, 3.8) is 0 Å². The van der Waals surface area contributed by atoms with Crippen molar-refractivity contribution in [2.45, 2.75) is 31.6 Å². The molecule has 2 rings (SSSR count). The first-order chi connectivity index (χ1) is 8.22. The lowest BCUT2D eigenvalue weighted by atomic mass is 10.2. The van der Waals surface area contributed by atoms with E-state index in [1.54, 1.807) is 0 Å². The van der Waals surface area contributed by atoms with Gasteiger partial charge in [0.15, 0.2) is 0 Å². The molecule has 0 radical (unpaired) electrons. The molecule has 1 atom stereocenters. The van der Waals surface area contributed by atoms with Crippen LogP contribution in [0.5, 0.6) is 0 Å². The SMILES string of the molecule is Cc1c(CNCC2CCCS2)cc(C#N)n1C. The van der Waals surface area contributed by atoms with Crippen LogP contribution >= 0.6 is 11.8 Å². The Morgan fingerprint density at radius 3 is 3.06 bits per heavy atom. The van der Waals surface area contributed by atoms with Crippen LogP contribution in [0.1, 0.15) is 29.8 Å². The summed E-state index contributed by atoms with van der Waals surface area (Å²) >= 11 is 2.07. The van der Waals surface area contributed by atoms with Crippen LogP contribution in [0.15, 0.2) is 6.07 Å². The summed E-state index contributed by atoms with van der Waals surface area (Å²) in [4.78, 5) is 0. The fourth-order valence-electron chi connectivity index (χ4n) is 2.22. The molecule has 3 nitrogen and oxygen atoms in total. The van der Waals surface area contributed by atoms with Crippen molar-refractivity contribution in [1.29, 1.82) is 5.26 Å². The lowest BCUT2D eigenvalue weighted by Gasteiger charge is -2.10. The van der Waals surface area contributed by atoms with Gasteiger partial charge in [0.05, 0.1) is 0 Å². The number of nitrogens with one attached hydrogen (secondary N) is 1. The van der Waals surface area contributed by atoms with Crippen molar-refractivity contribution in [1.82, 2.24) is 9.88 Å². The molecule has 1 aliphatic rings. The van der Waals surface area contributed by atoms with E-state index >= 15 is 0 Å². The van der Waals surface area contributed by atoms with E-state index in [1.807, 2.05) is 17.7 Å². The van der Waals surface area contributed by atoms with Gasteiger partial charge in [-0.15, -0.1) is 0 Å². The summed E-state index contributed by atoms with van der Waals surface area (Å²) in [5, 5.41) is 13.3. The molecule has 4 heteroatoms. The molecular formula is C13H19N3S. The van der Waals surface area contributed by atoms with Crippen LogP contribution in [-0.2, 0) is 13.6 Å². The molecule has 1 saturated heterocycles. The summed E-state index contributed by atoms with van der Waals surface area (Å²) < 4.78 is 1.96. The zero-order chi connectivity index (χ0) is 12.3. The molecule has 0 amide bonds. The standard InChI is InChI=1S/C13H19N3S/c1-10-11(6-12(7-14)16(10)2)8-15-9-13-4-3-5-17-13/h6,13,15H,3-5,8-9H2,1-2H3. The Hall–Kier alpha value is -0.920. The average Bonchev–Trinajstić information content (AvgIpc) is 2.92. The van der Waals surface area contributed by atoms with Gasteiger partial charge < -0.3 is 9.88 Å². The quantitative estimate of drug-likeness (QED) is 0.889. The summed E-state index contributed by atoms with van der Waals surface area (Å²) in [5.41, 5.74) is 3.18. The topological polar surface area (TPSA) is 40.8 Å². The van der Waals surface area contributed by atoms with Crippen LogP contribution in [0, 0.1) is 18.3 Å². The number of nitriles is 1. The van der Waals surface area contributed by atoms with Gasteiger partial charge in [-0.05, 0) is 37.1 Å². The summed E-state index contributed by atoms with van der Waals surface area (Å²) in [5.74, 6) is 1.31. The van der Waals surface area contributed by atoms with Gasteiger partial charge in [-0.3, -0.25) is 0 Å². The first kappa shape index (κ1) is 12.5. The Morgan fingerprint density at radius 1 is 1.65 bits per heavy atom. The lowest BCUT2D eigenvalue weighted by molar-refractivity contribution is 0.643. The van der Waals surface area contributed by atoms with Crippen molar-refractivity contribution >= 4 is 11.8 Å². The number of nitrogens with zero attached hydrogens (tertiary/aromatic N) is 2. The van der Waals surface area contributed by atoms with E-state index in [0.29, 0.717) is 0 Å². The maximum absolute atomic E-state index is 8.96. The summed E-state index contributed by atoms with van der Waals surface area (Å²) in [6.07, 6.45) is 2.70. The maximum atomic E-state index is 8.96. The van der Waals surface area contributed by atoms with E-state index in [2.05, 4.69) is 30.1 Å². The third-order valence-corrected chi connectivity index (χ3v) is 4.86. The highest BCUT2D eigenvalue weighted by molar-refractivity contribution is 8.00. The van der Waals surface area contributed by atoms with Gasteiger partial charge in [-0.2, -0.15) is 17.0 Å². The number of rotatable bonds is 4. The van der Waals surface area contributed by atoms with Crippen molar-refractivity contribution in [3.8, 4) is 6.07 Å². The van der Waals surface area contributed by atoms with E-state index in [1.165, 1.54) is 29.9 Å². The van der Waals surface area contributed by atoms with Gasteiger partial charge in [-0.1, -0.05) is 0 Å². The molecule has 1 aromatic heterocycles. The predicted octanol–water partition coefficient (Wildman–Crippen LogP) is 2.19. The molecule has 0 saturated carbocycles. The molecule has 0 bridgehead atoms. The minimum Gasteiger partial charge on any atom is -0.340 e. The zero-order valence-electron chi connectivity index (χ0n) is 10.5. The second-order valence-corrected chi connectivity index (χ2v) is 5.99. The average molecular weight is 249 g/mol. The molecular weight excluding hydrogens is 230 g/mol. The van der Waals surface area contributed by atoms with Gasteiger partial charge >= 0.3 is 0 Å².